The Labute approximate surface area is 322 Å². The molecule has 10 rings (SSSR count). The van der Waals surface area contributed by atoms with Crippen LogP contribution in [0.25, 0.3) is 88.5 Å². The van der Waals surface area contributed by atoms with Crippen molar-refractivity contribution in [3.8, 4) is 63.1 Å². The Morgan fingerprint density at radius 2 is 0.893 bits per heavy atom. The molecule has 0 saturated heterocycles. The molecule has 6 nitrogen and oxygen atoms in total. The third-order valence-corrected chi connectivity index (χ3v) is 10.7. The summed E-state index contributed by atoms with van der Waals surface area (Å²) in [4.78, 5) is 5.04. The van der Waals surface area contributed by atoms with Crippen molar-refractivity contribution >= 4 is 43.6 Å². The average molecular weight is 713 g/mol. The number of pyridine rings is 1. The summed E-state index contributed by atoms with van der Waals surface area (Å²) < 4.78 is 4.29. The molecule has 0 fully saturated rings. The van der Waals surface area contributed by atoms with Crippen LogP contribution in [0.3, 0.4) is 0 Å². The zero-order valence-electron chi connectivity index (χ0n) is 29.8. The van der Waals surface area contributed by atoms with E-state index >= 15 is 0 Å². The average Bonchev–Trinajstić information content (AvgIpc) is 3.78. The molecule has 0 aliphatic carbocycles. The van der Waals surface area contributed by atoms with Gasteiger partial charge in [-0.15, -0.1) is 0 Å². The quantitative estimate of drug-likeness (QED) is 0.177. The third kappa shape index (κ3) is 4.97. The van der Waals surface area contributed by atoms with Gasteiger partial charge in [0.15, 0.2) is 0 Å². The molecule has 0 atom stereocenters. The number of para-hydroxylation sites is 2. The first-order valence-electron chi connectivity index (χ1n) is 18.2. The molecule has 3 heterocycles. The minimum absolute atomic E-state index is 0.475. The highest BCUT2D eigenvalue weighted by molar-refractivity contribution is 6.12. The lowest BCUT2D eigenvalue weighted by Crippen LogP contribution is -2.05. The predicted octanol–water partition coefficient (Wildman–Crippen LogP) is 11.9. The van der Waals surface area contributed by atoms with Gasteiger partial charge in [-0.2, -0.15) is 15.8 Å². The summed E-state index contributed by atoms with van der Waals surface area (Å²) in [5.41, 5.74) is 12.3. The maximum Gasteiger partial charge on any atom is 0.104 e. The van der Waals surface area contributed by atoms with Crippen molar-refractivity contribution in [2.75, 3.05) is 0 Å². The molecule has 0 radical (unpaired) electrons. The summed E-state index contributed by atoms with van der Waals surface area (Å²) in [5.74, 6) is 0. The Balaban J connectivity index is 1.35. The molecule has 258 valence electrons. The standard InChI is InChI=1S/C50H28N6/c51-29-32-20-22-46-41(25-32)38-14-6-8-18-44(38)55(46)48-27-35(37-17-10-24-54-50(37)40-16-5-4-13-36(40)34-11-2-1-3-12-34)28-49(43(48)31-53)56-45-19-9-7-15-39(45)42-26-33(30-52)21-23-47(42)56/h1-28H. The minimum atomic E-state index is 0.475. The van der Waals surface area contributed by atoms with Crippen LogP contribution in [-0.2, 0) is 0 Å². The second kappa shape index (κ2) is 13.0. The zero-order valence-corrected chi connectivity index (χ0v) is 29.8. The lowest BCUT2D eigenvalue weighted by Gasteiger charge is -2.20. The van der Waals surface area contributed by atoms with Gasteiger partial charge in [0, 0.05) is 38.9 Å². The molecule has 0 aliphatic rings. The Kier molecular flexibility index (Phi) is 7.53. The van der Waals surface area contributed by atoms with Crippen LogP contribution < -0.4 is 0 Å². The van der Waals surface area contributed by atoms with E-state index in [1.165, 1.54) is 0 Å². The van der Waals surface area contributed by atoms with Gasteiger partial charge in [0.1, 0.15) is 11.6 Å². The first-order valence-corrected chi connectivity index (χ1v) is 18.2. The number of aromatic nitrogens is 3. The molecule has 10 aromatic rings. The summed E-state index contributed by atoms with van der Waals surface area (Å²) in [6.07, 6.45) is 1.82. The molecule has 3 aromatic heterocycles. The highest BCUT2D eigenvalue weighted by Crippen LogP contribution is 2.43. The molecule has 7 aromatic carbocycles. The summed E-state index contributed by atoms with van der Waals surface area (Å²) in [6, 6.07) is 61.8. The number of fused-ring (bicyclic) bond motifs is 6. The largest absolute Gasteiger partial charge is 0.308 e. The molecule has 0 amide bonds. The Morgan fingerprint density at radius 3 is 1.46 bits per heavy atom. The van der Waals surface area contributed by atoms with Crippen LogP contribution in [0.2, 0.25) is 0 Å². The fraction of sp³-hybridized carbons (Fsp3) is 0. The fourth-order valence-corrected chi connectivity index (χ4v) is 8.25. The molecular weight excluding hydrogens is 685 g/mol. The van der Waals surface area contributed by atoms with E-state index in [2.05, 4.69) is 94.1 Å². The van der Waals surface area contributed by atoms with Gasteiger partial charge in [-0.1, -0.05) is 97.1 Å². The monoisotopic (exact) mass is 712 g/mol. The number of hydrogen-bond acceptors (Lipinski definition) is 4. The molecule has 0 aliphatic heterocycles. The van der Waals surface area contributed by atoms with Crippen molar-refractivity contribution in [3.63, 3.8) is 0 Å². The molecule has 0 saturated carbocycles. The van der Waals surface area contributed by atoms with E-state index in [9.17, 15) is 15.8 Å². The zero-order chi connectivity index (χ0) is 37.8. The lowest BCUT2D eigenvalue weighted by atomic mass is 9.92. The molecule has 0 N–H and O–H groups in total. The van der Waals surface area contributed by atoms with Gasteiger partial charge in [0.25, 0.3) is 0 Å². The lowest BCUT2D eigenvalue weighted by molar-refractivity contribution is 1.12. The molecule has 6 heteroatoms. The van der Waals surface area contributed by atoms with Crippen LogP contribution in [0.1, 0.15) is 16.7 Å². The Morgan fingerprint density at radius 1 is 0.393 bits per heavy atom. The van der Waals surface area contributed by atoms with E-state index in [0.29, 0.717) is 28.1 Å². The molecular formula is C50H28N6. The Bertz CT molecular complexity index is 3190. The summed E-state index contributed by atoms with van der Waals surface area (Å²) in [5, 5.41) is 34.9. The van der Waals surface area contributed by atoms with Crippen LogP contribution in [0.5, 0.6) is 0 Å². The van der Waals surface area contributed by atoms with Crippen LogP contribution >= 0.6 is 0 Å². The van der Waals surface area contributed by atoms with Gasteiger partial charge in [0.05, 0.1) is 62.4 Å². The summed E-state index contributed by atoms with van der Waals surface area (Å²) in [6.45, 7) is 0. The fourth-order valence-electron chi connectivity index (χ4n) is 8.25. The van der Waals surface area contributed by atoms with Crippen LogP contribution in [0.15, 0.2) is 170 Å². The summed E-state index contributed by atoms with van der Waals surface area (Å²) in [7, 11) is 0. The van der Waals surface area contributed by atoms with Crippen LogP contribution in [-0.4, -0.2) is 14.1 Å². The first kappa shape index (κ1) is 32.4. The van der Waals surface area contributed by atoms with Crippen molar-refractivity contribution in [1.82, 2.24) is 14.1 Å². The van der Waals surface area contributed by atoms with Crippen molar-refractivity contribution in [1.29, 1.82) is 15.8 Å². The Hall–Kier alpha value is -8.24. The third-order valence-electron chi connectivity index (χ3n) is 10.7. The maximum atomic E-state index is 11.3. The number of nitriles is 3. The van der Waals surface area contributed by atoms with Crippen molar-refractivity contribution < 1.29 is 0 Å². The molecule has 0 bridgehead atoms. The van der Waals surface area contributed by atoms with Gasteiger partial charge >= 0.3 is 0 Å². The van der Waals surface area contributed by atoms with Crippen LogP contribution in [0.4, 0.5) is 0 Å². The molecule has 0 unspecified atom stereocenters. The second-order valence-corrected chi connectivity index (χ2v) is 13.7. The van der Waals surface area contributed by atoms with Crippen LogP contribution in [0, 0.1) is 34.0 Å². The van der Waals surface area contributed by atoms with Gasteiger partial charge in [-0.25, -0.2) is 0 Å². The topological polar surface area (TPSA) is 94.1 Å². The van der Waals surface area contributed by atoms with Gasteiger partial charge in [0.2, 0.25) is 0 Å². The predicted molar refractivity (Wildman–Crippen MR) is 223 cm³/mol. The number of hydrogen-bond donors (Lipinski definition) is 0. The normalized spacial score (nSPS) is 11.2. The number of rotatable bonds is 5. The molecule has 56 heavy (non-hydrogen) atoms. The van der Waals surface area contributed by atoms with Gasteiger partial charge < -0.3 is 9.13 Å². The van der Waals surface area contributed by atoms with E-state index in [1.54, 1.807) is 0 Å². The minimum Gasteiger partial charge on any atom is -0.308 e. The number of benzene rings is 7. The van der Waals surface area contributed by atoms with E-state index in [4.69, 9.17) is 4.98 Å². The summed E-state index contributed by atoms with van der Waals surface area (Å²) >= 11 is 0. The van der Waals surface area contributed by atoms with E-state index in [0.717, 1.165) is 77.1 Å². The molecule has 0 spiro atoms. The highest BCUT2D eigenvalue weighted by atomic mass is 15.0. The van der Waals surface area contributed by atoms with E-state index in [-0.39, 0.29) is 0 Å². The van der Waals surface area contributed by atoms with Gasteiger partial charge in [-0.05, 0) is 83.4 Å². The second-order valence-electron chi connectivity index (χ2n) is 13.7. The van der Waals surface area contributed by atoms with Gasteiger partial charge in [-0.3, -0.25) is 4.98 Å². The first-order chi connectivity index (χ1) is 27.7. The highest BCUT2D eigenvalue weighted by Gasteiger charge is 2.24. The SMILES string of the molecule is N#Cc1ccc2c(c1)c1ccccc1n2-c1cc(-c2cccnc2-c2ccccc2-c2ccccc2)cc(-n2c3ccccc3c3cc(C#N)ccc32)c1C#N. The maximum absolute atomic E-state index is 11.3. The van der Waals surface area contributed by atoms with E-state index in [1.807, 2.05) is 103 Å². The smallest absolute Gasteiger partial charge is 0.104 e. The van der Waals surface area contributed by atoms with E-state index < -0.39 is 0 Å². The van der Waals surface area contributed by atoms with Crippen molar-refractivity contribution in [2.45, 2.75) is 0 Å². The number of nitrogens with zero attached hydrogens (tertiary/aromatic N) is 6. The van der Waals surface area contributed by atoms with Crippen molar-refractivity contribution in [3.05, 3.63) is 187 Å². The van der Waals surface area contributed by atoms with Crippen molar-refractivity contribution in [2.24, 2.45) is 0 Å².